The molecule has 5 N–H and O–H groups in total. The van der Waals surface area contributed by atoms with E-state index in [2.05, 4.69) is 70.6 Å². The van der Waals surface area contributed by atoms with E-state index in [0.29, 0.717) is 49.6 Å². The largest absolute Gasteiger partial charge is 0.397 e. The van der Waals surface area contributed by atoms with E-state index >= 15 is 0 Å². The Morgan fingerprint density at radius 2 is 1.56 bits per heavy atom. The van der Waals surface area contributed by atoms with Crippen molar-refractivity contribution in [3.8, 4) is 11.1 Å². The predicted octanol–water partition coefficient (Wildman–Crippen LogP) is 8.22. The molecule has 6 rings (SSSR count). The summed E-state index contributed by atoms with van der Waals surface area (Å²) in [7, 11) is 0. The zero-order valence-corrected chi connectivity index (χ0v) is 31.1. The lowest BCUT2D eigenvalue weighted by atomic mass is 9.98. The van der Waals surface area contributed by atoms with E-state index in [1.807, 2.05) is 42.5 Å². The van der Waals surface area contributed by atoms with Crippen LogP contribution in [0.4, 0.5) is 11.4 Å². The van der Waals surface area contributed by atoms with Gasteiger partial charge < -0.3 is 30.9 Å². The summed E-state index contributed by atoms with van der Waals surface area (Å²) in [4.78, 5) is 27.4. The topological polar surface area (TPSA) is 126 Å². The average molecular weight is 731 g/mol. The number of carbonyl (C=O) groups excluding carboxylic acids is 2. The third-order valence-electron chi connectivity index (χ3n) is 10.5. The number of rotatable bonds is 17. The van der Waals surface area contributed by atoms with Crippen LogP contribution in [-0.4, -0.2) is 47.1 Å². The molecule has 9 heteroatoms. The van der Waals surface area contributed by atoms with Crippen LogP contribution >= 0.6 is 0 Å². The summed E-state index contributed by atoms with van der Waals surface area (Å²) in [5.41, 5.74) is 13.1. The minimum atomic E-state index is -0.520. The fourth-order valence-electron chi connectivity index (χ4n) is 7.48. The summed E-state index contributed by atoms with van der Waals surface area (Å²) < 4.78 is 13.3. The Morgan fingerprint density at radius 1 is 0.833 bits per heavy atom. The lowest BCUT2D eigenvalue weighted by molar-refractivity contribution is -0.253. The molecule has 0 unspecified atom stereocenters. The summed E-state index contributed by atoms with van der Waals surface area (Å²) in [5.74, 6) is -0.151. The van der Waals surface area contributed by atoms with Crippen molar-refractivity contribution in [3.05, 3.63) is 132 Å². The van der Waals surface area contributed by atoms with Gasteiger partial charge in [0.25, 0.3) is 0 Å². The number of anilines is 2. The number of nitrogens with one attached hydrogen (secondary N) is 2. The standard InChI is InChI=1S/C45H54N4O5/c1-2-26-49(38-12-3-4-13-38)30-39-28-42(35-20-18-32(31-50)19-21-35)54-45(53-39)36-24-22-34(23-25-36)37-11-9-10-33(27-37)29-47-43(51)16-7-8-17-44(52)48-41-15-6-5-14-40(41)46/h2,5-6,9-11,14-15,18-25,27,38-39,42,45,50H,1,3-4,7-8,12-13,16-17,26,28-31,46H2,(H,47,51)(H,48,52)/t39-,42+,45+/m1/s1. The number of hydrogen-bond donors (Lipinski definition) is 4. The minimum absolute atomic E-state index is 0.0114. The number of nitrogens with two attached hydrogens (primary N) is 1. The lowest BCUT2D eigenvalue weighted by Gasteiger charge is -2.39. The number of carbonyl (C=O) groups is 2. The van der Waals surface area contributed by atoms with Gasteiger partial charge in [0.2, 0.25) is 11.8 Å². The van der Waals surface area contributed by atoms with Crippen molar-refractivity contribution in [1.82, 2.24) is 10.2 Å². The van der Waals surface area contributed by atoms with Crippen LogP contribution in [0, 0.1) is 0 Å². The monoisotopic (exact) mass is 730 g/mol. The summed E-state index contributed by atoms with van der Waals surface area (Å²) in [6.45, 7) is 6.14. The van der Waals surface area contributed by atoms with Crippen LogP contribution in [0.2, 0.25) is 0 Å². The molecule has 2 aliphatic rings. The number of ether oxygens (including phenoxy) is 2. The second-order valence-corrected chi connectivity index (χ2v) is 14.5. The third-order valence-corrected chi connectivity index (χ3v) is 10.5. The molecule has 0 bridgehead atoms. The van der Waals surface area contributed by atoms with Crippen LogP contribution in [0.25, 0.3) is 11.1 Å². The number of aliphatic hydroxyl groups excluding tert-OH is 1. The third kappa shape index (κ3) is 10.9. The number of unbranched alkanes of at least 4 members (excludes halogenated alkanes) is 1. The van der Waals surface area contributed by atoms with Gasteiger partial charge in [-0.15, -0.1) is 6.58 Å². The Labute approximate surface area is 319 Å². The highest BCUT2D eigenvalue weighted by Crippen LogP contribution is 2.39. The number of para-hydroxylation sites is 2. The van der Waals surface area contributed by atoms with Crippen molar-refractivity contribution in [1.29, 1.82) is 0 Å². The van der Waals surface area contributed by atoms with Crippen molar-refractivity contribution >= 4 is 23.2 Å². The molecule has 9 nitrogen and oxygen atoms in total. The van der Waals surface area contributed by atoms with Crippen molar-refractivity contribution in [2.24, 2.45) is 0 Å². The van der Waals surface area contributed by atoms with E-state index in [1.54, 1.807) is 12.1 Å². The maximum atomic E-state index is 12.6. The van der Waals surface area contributed by atoms with Gasteiger partial charge in [-0.05, 0) is 71.7 Å². The fourth-order valence-corrected chi connectivity index (χ4v) is 7.48. The zero-order valence-electron chi connectivity index (χ0n) is 31.1. The molecule has 3 atom stereocenters. The van der Waals surface area contributed by atoms with Gasteiger partial charge in [0, 0.05) is 50.5 Å². The Kier molecular flexibility index (Phi) is 14.1. The van der Waals surface area contributed by atoms with E-state index < -0.39 is 6.29 Å². The van der Waals surface area contributed by atoms with Crippen molar-refractivity contribution in [2.75, 3.05) is 24.1 Å². The predicted molar refractivity (Wildman–Crippen MR) is 214 cm³/mol. The molecule has 1 aliphatic heterocycles. The van der Waals surface area contributed by atoms with E-state index in [4.69, 9.17) is 15.2 Å². The minimum Gasteiger partial charge on any atom is -0.397 e. The molecule has 2 amide bonds. The van der Waals surface area contributed by atoms with Gasteiger partial charge in [-0.25, -0.2) is 0 Å². The van der Waals surface area contributed by atoms with Gasteiger partial charge in [0.15, 0.2) is 6.29 Å². The SMILES string of the molecule is C=CCN(C[C@H]1C[C@@H](c2ccc(CO)cc2)O[C@@H](c2ccc(-c3cccc(CNC(=O)CCCCC(=O)Nc4ccccc4N)c3)cc2)O1)C1CCCC1. The van der Waals surface area contributed by atoms with E-state index in [-0.39, 0.29) is 30.6 Å². The molecule has 4 aromatic rings. The van der Waals surface area contributed by atoms with Crippen LogP contribution in [-0.2, 0) is 32.2 Å². The molecular weight excluding hydrogens is 677 g/mol. The van der Waals surface area contributed by atoms with Gasteiger partial charge in [-0.2, -0.15) is 0 Å². The summed E-state index contributed by atoms with van der Waals surface area (Å²) >= 11 is 0. The lowest BCUT2D eigenvalue weighted by Crippen LogP contribution is -2.43. The molecule has 2 fully saturated rings. The number of amides is 2. The number of aliphatic hydroxyl groups is 1. The molecule has 1 saturated carbocycles. The van der Waals surface area contributed by atoms with Crippen LogP contribution in [0.1, 0.15) is 92.4 Å². The number of nitrogen functional groups attached to an aromatic ring is 1. The van der Waals surface area contributed by atoms with Crippen LogP contribution in [0.15, 0.2) is 110 Å². The van der Waals surface area contributed by atoms with Crippen LogP contribution < -0.4 is 16.4 Å². The van der Waals surface area contributed by atoms with Crippen LogP contribution in [0.5, 0.6) is 0 Å². The summed E-state index contributed by atoms with van der Waals surface area (Å²) in [5, 5.41) is 15.4. The van der Waals surface area contributed by atoms with E-state index in [1.165, 1.54) is 25.7 Å². The van der Waals surface area contributed by atoms with E-state index in [9.17, 15) is 14.7 Å². The van der Waals surface area contributed by atoms with Crippen molar-refractivity contribution in [3.63, 3.8) is 0 Å². The fraction of sp³-hybridized carbons (Fsp3) is 0.378. The molecular formula is C45H54N4O5. The molecule has 0 aromatic heterocycles. The zero-order chi connectivity index (χ0) is 37.7. The van der Waals surface area contributed by atoms with Gasteiger partial charge in [-0.3, -0.25) is 14.5 Å². The number of benzene rings is 4. The molecule has 0 radical (unpaired) electrons. The van der Waals surface area contributed by atoms with Gasteiger partial charge in [-0.1, -0.05) is 97.8 Å². The molecule has 1 saturated heterocycles. The molecule has 1 heterocycles. The molecule has 284 valence electrons. The van der Waals surface area contributed by atoms with Crippen LogP contribution in [0.3, 0.4) is 0 Å². The first-order valence-corrected chi connectivity index (χ1v) is 19.3. The second kappa shape index (κ2) is 19.5. The molecule has 0 spiro atoms. The molecule has 1 aliphatic carbocycles. The molecule has 4 aromatic carbocycles. The highest BCUT2D eigenvalue weighted by atomic mass is 16.7. The maximum absolute atomic E-state index is 12.6. The first-order chi connectivity index (χ1) is 26.4. The normalized spacial score (nSPS) is 18.7. The smallest absolute Gasteiger partial charge is 0.224 e. The number of nitrogens with zero attached hydrogens (tertiary/aromatic N) is 1. The second-order valence-electron chi connectivity index (χ2n) is 14.5. The summed E-state index contributed by atoms with van der Waals surface area (Å²) in [6, 6.07) is 32.3. The van der Waals surface area contributed by atoms with Crippen molar-refractivity contribution < 1.29 is 24.2 Å². The highest BCUT2D eigenvalue weighted by molar-refractivity contribution is 5.93. The Balaban J connectivity index is 1.04. The Hall–Kier alpha value is -4.80. The van der Waals surface area contributed by atoms with Crippen molar-refractivity contribution in [2.45, 2.75) is 95.5 Å². The highest BCUT2D eigenvalue weighted by Gasteiger charge is 2.34. The summed E-state index contributed by atoms with van der Waals surface area (Å²) in [6.07, 6.45) is 8.97. The average Bonchev–Trinajstić information content (AvgIpc) is 3.75. The van der Waals surface area contributed by atoms with Gasteiger partial charge in [0.1, 0.15) is 0 Å². The van der Waals surface area contributed by atoms with Gasteiger partial charge in [0.05, 0.1) is 30.2 Å². The number of hydrogen-bond acceptors (Lipinski definition) is 7. The quantitative estimate of drug-likeness (QED) is 0.0490. The Bertz CT molecular complexity index is 1820. The Morgan fingerprint density at radius 3 is 2.28 bits per heavy atom. The first kappa shape index (κ1) is 38.9. The van der Waals surface area contributed by atoms with E-state index in [0.717, 1.165) is 52.9 Å². The first-order valence-electron chi connectivity index (χ1n) is 19.3. The maximum Gasteiger partial charge on any atom is 0.224 e. The van der Waals surface area contributed by atoms with Gasteiger partial charge >= 0.3 is 0 Å². The molecule has 54 heavy (non-hydrogen) atoms.